The maximum atomic E-state index is 12.3. The third-order valence-electron chi connectivity index (χ3n) is 3.45. The number of ketones is 1. The minimum Gasteiger partial charge on any atom is -0.456 e. The lowest BCUT2D eigenvalue weighted by Crippen LogP contribution is -1.98. The zero-order valence-electron chi connectivity index (χ0n) is 13.0. The van der Waals surface area contributed by atoms with Crippen LogP contribution in [-0.4, -0.2) is 10.7 Å². The fourth-order valence-electron chi connectivity index (χ4n) is 2.27. The van der Waals surface area contributed by atoms with Crippen LogP contribution in [0.5, 0.6) is 0 Å². The Morgan fingerprint density at radius 3 is 2.77 bits per heavy atom. The predicted molar refractivity (Wildman–Crippen MR) is 98.0 cm³/mol. The first-order chi connectivity index (χ1) is 12.5. The van der Waals surface area contributed by atoms with E-state index in [4.69, 9.17) is 16.0 Å². The molecule has 3 rings (SSSR count). The molecule has 0 saturated carbocycles. The van der Waals surface area contributed by atoms with E-state index in [0.717, 1.165) is 0 Å². The molecule has 6 nitrogen and oxygen atoms in total. The summed E-state index contributed by atoms with van der Waals surface area (Å²) in [4.78, 5) is 23.4. The highest BCUT2D eigenvalue weighted by Crippen LogP contribution is 2.33. The van der Waals surface area contributed by atoms with Gasteiger partial charge < -0.3 is 4.42 Å². The van der Waals surface area contributed by atoms with Gasteiger partial charge in [-0.05, 0) is 35.7 Å². The van der Waals surface area contributed by atoms with Gasteiger partial charge in [0.05, 0.1) is 15.4 Å². The summed E-state index contributed by atoms with van der Waals surface area (Å²) in [5, 5.41) is 22.4. The van der Waals surface area contributed by atoms with Crippen LogP contribution < -0.4 is 0 Å². The number of thiophene rings is 1. The van der Waals surface area contributed by atoms with Gasteiger partial charge in [0.25, 0.3) is 5.69 Å². The molecule has 26 heavy (non-hydrogen) atoms. The summed E-state index contributed by atoms with van der Waals surface area (Å²) in [6.07, 6.45) is 1.31. The van der Waals surface area contributed by atoms with Gasteiger partial charge in [-0.1, -0.05) is 17.7 Å². The molecule has 8 heteroatoms. The molecular formula is C18H9ClN2O4S. The van der Waals surface area contributed by atoms with Crippen molar-refractivity contribution in [1.82, 2.24) is 0 Å². The number of benzene rings is 1. The lowest BCUT2D eigenvalue weighted by atomic mass is 10.1. The number of carbonyl (C=O) groups excluding carboxylic acids is 1. The second-order valence-electron chi connectivity index (χ2n) is 5.10. The van der Waals surface area contributed by atoms with Crippen molar-refractivity contribution in [2.45, 2.75) is 0 Å². The van der Waals surface area contributed by atoms with E-state index >= 15 is 0 Å². The van der Waals surface area contributed by atoms with Gasteiger partial charge in [-0.2, -0.15) is 5.26 Å². The molecule has 0 radical (unpaired) electrons. The Bertz CT molecular complexity index is 1060. The zero-order chi connectivity index (χ0) is 18.7. The fourth-order valence-corrected chi connectivity index (χ4v) is 3.11. The molecule has 0 aliphatic rings. The SMILES string of the molecule is N#C/C(=C\c1ccc(-c2ccc(Cl)cc2[N+](=O)[O-])o1)C(=O)c1cccs1. The third kappa shape index (κ3) is 3.57. The molecule has 0 fully saturated rings. The topological polar surface area (TPSA) is 97.1 Å². The van der Waals surface area contributed by atoms with Crippen LogP contribution in [0.2, 0.25) is 5.02 Å². The molecule has 2 aromatic heterocycles. The summed E-state index contributed by atoms with van der Waals surface area (Å²) < 4.78 is 5.58. The minimum atomic E-state index is -0.555. The standard InChI is InChI=1S/C18H9ClN2O4S/c19-12-3-5-14(15(9-12)21(23)24)16-6-4-13(25-16)8-11(10-20)18(22)17-2-1-7-26-17/h1-9H/b11-8+. The Morgan fingerprint density at radius 2 is 2.12 bits per heavy atom. The van der Waals surface area contributed by atoms with Crippen LogP contribution in [0.4, 0.5) is 5.69 Å². The van der Waals surface area contributed by atoms with Crippen molar-refractivity contribution in [3.63, 3.8) is 0 Å². The molecule has 0 amide bonds. The van der Waals surface area contributed by atoms with Crippen LogP contribution >= 0.6 is 22.9 Å². The van der Waals surface area contributed by atoms with E-state index in [1.54, 1.807) is 17.5 Å². The maximum absolute atomic E-state index is 12.3. The Kier molecular flexibility index (Phi) is 4.98. The first-order valence-corrected chi connectivity index (χ1v) is 8.49. The van der Waals surface area contributed by atoms with Gasteiger partial charge in [0.1, 0.15) is 23.2 Å². The van der Waals surface area contributed by atoms with Crippen LogP contribution in [0, 0.1) is 21.4 Å². The van der Waals surface area contributed by atoms with Crippen molar-refractivity contribution in [2.24, 2.45) is 0 Å². The summed E-state index contributed by atoms with van der Waals surface area (Å²) in [7, 11) is 0. The first-order valence-electron chi connectivity index (χ1n) is 7.23. The van der Waals surface area contributed by atoms with Crippen molar-refractivity contribution in [2.75, 3.05) is 0 Å². The molecule has 0 N–H and O–H groups in total. The van der Waals surface area contributed by atoms with E-state index in [-0.39, 0.29) is 33.4 Å². The quantitative estimate of drug-likeness (QED) is 0.194. The van der Waals surface area contributed by atoms with Gasteiger partial charge in [0.2, 0.25) is 5.78 Å². The number of rotatable bonds is 5. The summed E-state index contributed by atoms with van der Waals surface area (Å²) in [5.74, 6) is 0.0732. The number of hydrogen-bond acceptors (Lipinski definition) is 6. The van der Waals surface area contributed by atoms with E-state index < -0.39 is 10.7 Å². The number of nitro benzene ring substituents is 1. The zero-order valence-corrected chi connectivity index (χ0v) is 14.6. The van der Waals surface area contributed by atoms with E-state index in [2.05, 4.69) is 0 Å². The van der Waals surface area contributed by atoms with Gasteiger partial charge in [-0.25, -0.2) is 0 Å². The second-order valence-corrected chi connectivity index (χ2v) is 6.48. The average molecular weight is 385 g/mol. The molecule has 0 atom stereocenters. The largest absolute Gasteiger partial charge is 0.456 e. The fraction of sp³-hybridized carbons (Fsp3) is 0. The first kappa shape index (κ1) is 17.6. The molecule has 0 aliphatic carbocycles. The summed E-state index contributed by atoms with van der Waals surface area (Å²) in [6, 6.07) is 12.5. The molecular weight excluding hydrogens is 376 g/mol. The molecule has 0 spiro atoms. The molecule has 1 aromatic carbocycles. The highest BCUT2D eigenvalue weighted by atomic mass is 35.5. The average Bonchev–Trinajstić information content (AvgIpc) is 3.31. The van der Waals surface area contributed by atoms with Crippen molar-refractivity contribution in [3.05, 3.63) is 79.2 Å². The minimum absolute atomic E-state index is 0.0843. The summed E-state index contributed by atoms with van der Waals surface area (Å²) in [5.41, 5.74) is -0.0290. The third-order valence-corrected chi connectivity index (χ3v) is 4.55. The lowest BCUT2D eigenvalue weighted by Gasteiger charge is -2.00. The molecule has 0 bridgehead atoms. The Balaban J connectivity index is 1.97. The van der Waals surface area contributed by atoms with Crippen molar-refractivity contribution >= 4 is 40.5 Å². The van der Waals surface area contributed by atoms with Crippen LogP contribution in [0.25, 0.3) is 17.4 Å². The Labute approximate surface area is 156 Å². The second kappa shape index (κ2) is 7.35. The van der Waals surface area contributed by atoms with E-state index in [1.165, 1.54) is 47.7 Å². The van der Waals surface area contributed by atoms with Crippen molar-refractivity contribution in [3.8, 4) is 17.4 Å². The lowest BCUT2D eigenvalue weighted by molar-refractivity contribution is -0.384. The molecule has 0 saturated heterocycles. The van der Waals surface area contributed by atoms with Crippen LogP contribution in [0.15, 0.2) is 57.8 Å². The van der Waals surface area contributed by atoms with Crippen molar-refractivity contribution in [1.29, 1.82) is 5.26 Å². The number of furan rings is 1. The highest BCUT2D eigenvalue weighted by Gasteiger charge is 2.19. The number of nitriles is 1. The number of nitro groups is 1. The van der Waals surface area contributed by atoms with Gasteiger partial charge in [0.15, 0.2) is 0 Å². The molecule has 2 heterocycles. The van der Waals surface area contributed by atoms with Gasteiger partial charge >= 0.3 is 0 Å². The van der Waals surface area contributed by atoms with E-state index in [9.17, 15) is 20.2 Å². The van der Waals surface area contributed by atoms with Gasteiger partial charge in [-0.3, -0.25) is 14.9 Å². The van der Waals surface area contributed by atoms with Crippen LogP contribution in [0.3, 0.4) is 0 Å². The highest BCUT2D eigenvalue weighted by molar-refractivity contribution is 7.12. The summed E-state index contributed by atoms with van der Waals surface area (Å²) >= 11 is 7.04. The van der Waals surface area contributed by atoms with Crippen LogP contribution in [-0.2, 0) is 0 Å². The number of allylic oxidation sites excluding steroid dienone is 1. The number of nitrogens with zero attached hydrogens (tertiary/aromatic N) is 2. The van der Waals surface area contributed by atoms with Crippen LogP contribution in [0.1, 0.15) is 15.4 Å². The van der Waals surface area contributed by atoms with Gasteiger partial charge in [-0.15, -0.1) is 11.3 Å². The molecule has 3 aromatic rings. The number of carbonyl (C=O) groups is 1. The monoisotopic (exact) mass is 384 g/mol. The van der Waals surface area contributed by atoms with E-state index in [0.29, 0.717) is 4.88 Å². The van der Waals surface area contributed by atoms with E-state index in [1.807, 2.05) is 6.07 Å². The number of hydrogen-bond donors (Lipinski definition) is 0. The smallest absolute Gasteiger partial charge is 0.281 e. The normalized spacial score (nSPS) is 11.2. The Hall–Kier alpha value is -3.21. The predicted octanol–water partition coefficient (Wildman–Crippen LogP) is 5.36. The molecule has 0 aliphatic heterocycles. The Morgan fingerprint density at radius 1 is 1.31 bits per heavy atom. The summed E-state index contributed by atoms with van der Waals surface area (Å²) in [6.45, 7) is 0. The molecule has 0 unspecified atom stereocenters. The number of halogens is 1. The molecule has 128 valence electrons. The maximum Gasteiger partial charge on any atom is 0.281 e. The number of Topliss-reactive ketones (excluding diaryl/α,β-unsaturated/α-hetero) is 1. The van der Waals surface area contributed by atoms with Crippen molar-refractivity contribution < 1.29 is 14.1 Å². The van der Waals surface area contributed by atoms with Gasteiger partial charge in [0, 0.05) is 17.2 Å².